The normalized spacial score (nSPS) is 8.93. The molecule has 5 nitrogen and oxygen atoms in total. The zero-order valence-electron chi connectivity index (χ0n) is 6.66. The van der Waals surface area contributed by atoms with Gasteiger partial charge in [-0.3, -0.25) is 15.1 Å². The van der Waals surface area contributed by atoms with Gasteiger partial charge in [0.1, 0.15) is 6.20 Å². The molecule has 0 aliphatic heterocycles. The zero-order valence-corrected chi connectivity index (χ0v) is 9.88. The quantitative estimate of drug-likeness (QED) is 0.599. The van der Waals surface area contributed by atoms with Crippen molar-refractivity contribution in [3.63, 3.8) is 0 Å². The van der Waals surface area contributed by atoms with Crippen molar-refractivity contribution >= 4 is 43.6 Å². The Balaban J connectivity index is 0.000000165. The summed E-state index contributed by atoms with van der Waals surface area (Å²) in [7, 11) is 0. The van der Waals surface area contributed by atoms with Gasteiger partial charge in [-0.25, -0.2) is 4.98 Å². The maximum Gasteiger partial charge on any atom is 0.344 e. The van der Waals surface area contributed by atoms with E-state index >= 15 is 0 Å². The van der Waals surface area contributed by atoms with Crippen molar-refractivity contribution in [2.24, 2.45) is 0 Å². The largest absolute Gasteiger partial charge is 0.344 e. The fourth-order valence-electron chi connectivity index (χ4n) is 0.505. The highest BCUT2D eigenvalue weighted by atomic mass is 79.9. The molecule has 0 atom stereocenters. The van der Waals surface area contributed by atoms with Crippen molar-refractivity contribution in [3.8, 4) is 0 Å². The lowest BCUT2D eigenvalue weighted by Gasteiger charge is -1.76. The van der Waals surface area contributed by atoms with Crippen LogP contribution in [0.1, 0.15) is 0 Å². The highest BCUT2D eigenvalue weighted by Crippen LogP contribution is 2.24. The number of nitrogens with zero attached hydrogens (tertiary/aromatic N) is 3. The number of hydrogen-bond donors (Lipinski definition) is 0. The van der Waals surface area contributed by atoms with E-state index in [2.05, 4.69) is 25.9 Å². The maximum absolute atomic E-state index is 9.97. The molecule has 0 aliphatic carbocycles. The van der Waals surface area contributed by atoms with Crippen molar-refractivity contribution in [3.05, 3.63) is 37.3 Å². The second-order valence-electron chi connectivity index (χ2n) is 1.88. The lowest BCUT2D eigenvalue weighted by atomic mass is 10.9. The fourth-order valence-corrected chi connectivity index (χ4v) is 1.91. The molecule has 0 bridgehead atoms. The van der Waals surface area contributed by atoms with Crippen LogP contribution in [-0.2, 0) is 0 Å². The van der Waals surface area contributed by atoms with Gasteiger partial charge in [0.2, 0.25) is 0 Å². The Labute approximate surface area is 95.7 Å². The maximum atomic E-state index is 9.97. The molecule has 0 N–H and O–H groups in total. The average Bonchev–Trinajstić information content (AvgIpc) is 2.74. The molecule has 0 amide bonds. The highest BCUT2D eigenvalue weighted by Gasteiger charge is 2.08. The minimum atomic E-state index is -0.470. The third-order valence-electron chi connectivity index (χ3n) is 0.992. The number of halogens is 1. The number of thiazole rings is 2. The number of aromatic nitrogens is 2. The van der Waals surface area contributed by atoms with Crippen LogP contribution in [0.3, 0.4) is 0 Å². The topological polar surface area (TPSA) is 68.9 Å². The van der Waals surface area contributed by atoms with Crippen LogP contribution >= 0.6 is 38.6 Å². The van der Waals surface area contributed by atoms with Gasteiger partial charge in [0.15, 0.2) is 3.92 Å². The predicted octanol–water partition coefficient (Wildman–Crippen LogP) is 2.96. The Bertz CT molecular complexity index is 372. The predicted molar refractivity (Wildman–Crippen MR) is 58.6 cm³/mol. The zero-order chi connectivity index (χ0) is 10.4. The summed E-state index contributed by atoms with van der Waals surface area (Å²) in [5, 5.41) is 12.0. The van der Waals surface area contributed by atoms with E-state index < -0.39 is 4.92 Å². The second-order valence-corrected chi connectivity index (χ2v) is 4.92. The van der Waals surface area contributed by atoms with E-state index in [0.29, 0.717) is 3.92 Å². The first kappa shape index (κ1) is 11.2. The average molecular weight is 294 g/mol. The van der Waals surface area contributed by atoms with E-state index in [0.717, 1.165) is 11.3 Å². The molecule has 0 aromatic carbocycles. The molecule has 2 aromatic heterocycles. The fraction of sp³-hybridized carbons (Fsp3) is 0. The first-order valence-electron chi connectivity index (χ1n) is 3.28. The first-order valence-corrected chi connectivity index (χ1v) is 5.83. The van der Waals surface area contributed by atoms with E-state index in [9.17, 15) is 10.1 Å². The third-order valence-corrected chi connectivity index (χ3v) is 2.94. The van der Waals surface area contributed by atoms with Crippen LogP contribution in [0.15, 0.2) is 27.2 Å². The van der Waals surface area contributed by atoms with Crippen molar-refractivity contribution in [1.82, 2.24) is 9.97 Å². The summed E-state index contributed by atoms with van der Waals surface area (Å²) < 4.78 is 0.536. The standard InChI is InChI=1S/C3HBrN2O2S.C3H3NS/c4-3-5-1-2(9-3)6(7)8;1-2-5-3-4-1/h1H;1-3H. The SMILES string of the molecule is O=[N+]([O-])c1cnc(Br)s1.c1cscn1. The number of nitro groups is 1. The molecule has 14 heavy (non-hydrogen) atoms. The van der Waals surface area contributed by atoms with E-state index in [1.54, 1.807) is 23.0 Å². The van der Waals surface area contributed by atoms with Gasteiger partial charge in [-0.2, -0.15) is 0 Å². The molecular formula is C6H4BrN3O2S2. The lowest BCUT2D eigenvalue weighted by molar-refractivity contribution is -0.380. The van der Waals surface area contributed by atoms with Gasteiger partial charge >= 0.3 is 5.00 Å². The molecule has 8 heteroatoms. The summed E-state index contributed by atoms with van der Waals surface area (Å²) in [6.45, 7) is 0. The van der Waals surface area contributed by atoms with E-state index in [1.807, 2.05) is 5.38 Å². The number of hydrogen-bond acceptors (Lipinski definition) is 6. The van der Waals surface area contributed by atoms with Crippen LogP contribution in [0.5, 0.6) is 0 Å². The van der Waals surface area contributed by atoms with Crippen LogP contribution in [0.2, 0.25) is 0 Å². The monoisotopic (exact) mass is 293 g/mol. The smallest absolute Gasteiger partial charge is 0.257 e. The Morgan fingerprint density at radius 3 is 2.57 bits per heavy atom. The van der Waals surface area contributed by atoms with Crippen molar-refractivity contribution in [2.75, 3.05) is 0 Å². The van der Waals surface area contributed by atoms with Gasteiger partial charge in [-0.05, 0) is 27.3 Å². The molecule has 0 aliphatic rings. The molecule has 2 heterocycles. The summed E-state index contributed by atoms with van der Waals surface area (Å²) >= 11 is 5.61. The van der Waals surface area contributed by atoms with Crippen molar-refractivity contribution in [1.29, 1.82) is 0 Å². The second kappa shape index (κ2) is 5.78. The molecule has 0 saturated heterocycles. The van der Waals surface area contributed by atoms with Crippen LogP contribution in [0, 0.1) is 10.1 Å². The van der Waals surface area contributed by atoms with E-state index in [1.165, 1.54) is 6.20 Å². The molecule has 74 valence electrons. The van der Waals surface area contributed by atoms with Gasteiger partial charge in [-0.15, -0.1) is 11.3 Å². The molecule has 0 unspecified atom stereocenters. The molecule has 2 rings (SSSR count). The highest BCUT2D eigenvalue weighted by molar-refractivity contribution is 9.11. The molecule has 0 radical (unpaired) electrons. The molecule has 2 aromatic rings. The Morgan fingerprint density at radius 2 is 2.36 bits per heavy atom. The number of rotatable bonds is 1. The third kappa shape index (κ3) is 3.90. The minimum Gasteiger partial charge on any atom is -0.257 e. The van der Waals surface area contributed by atoms with Crippen molar-refractivity contribution < 1.29 is 4.92 Å². The summed E-state index contributed by atoms with van der Waals surface area (Å²) in [5.74, 6) is 0. The Morgan fingerprint density at radius 1 is 1.57 bits per heavy atom. The minimum absolute atomic E-state index is 0.0573. The van der Waals surface area contributed by atoms with Gasteiger partial charge in [0.05, 0.1) is 10.4 Å². The van der Waals surface area contributed by atoms with Crippen LogP contribution in [0.4, 0.5) is 5.00 Å². The summed E-state index contributed by atoms with van der Waals surface area (Å²) in [6, 6.07) is 0. The van der Waals surface area contributed by atoms with Crippen LogP contribution < -0.4 is 0 Å². The van der Waals surface area contributed by atoms with Gasteiger partial charge in [-0.1, -0.05) is 0 Å². The molecular weight excluding hydrogens is 290 g/mol. The van der Waals surface area contributed by atoms with Gasteiger partial charge < -0.3 is 0 Å². The summed E-state index contributed by atoms with van der Waals surface area (Å²) in [6.07, 6.45) is 2.99. The summed E-state index contributed by atoms with van der Waals surface area (Å²) in [5.41, 5.74) is 1.79. The molecule has 0 fully saturated rings. The Hall–Kier alpha value is -0.860. The molecule has 0 saturated carbocycles. The van der Waals surface area contributed by atoms with E-state index in [4.69, 9.17) is 0 Å². The Kier molecular flexibility index (Phi) is 4.63. The van der Waals surface area contributed by atoms with Crippen LogP contribution in [0.25, 0.3) is 0 Å². The van der Waals surface area contributed by atoms with Gasteiger partial charge in [0, 0.05) is 11.6 Å². The summed E-state index contributed by atoms with van der Waals surface area (Å²) in [4.78, 5) is 16.9. The first-order chi connectivity index (χ1) is 6.70. The van der Waals surface area contributed by atoms with Crippen LogP contribution in [-0.4, -0.2) is 14.9 Å². The van der Waals surface area contributed by atoms with Gasteiger partial charge in [0.25, 0.3) is 0 Å². The van der Waals surface area contributed by atoms with Crippen molar-refractivity contribution in [2.45, 2.75) is 0 Å². The molecule has 0 spiro atoms. The van der Waals surface area contributed by atoms with E-state index in [-0.39, 0.29) is 5.00 Å². The lowest BCUT2D eigenvalue weighted by Crippen LogP contribution is -1.80.